The topological polar surface area (TPSA) is 135 Å². The lowest BCUT2D eigenvalue weighted by atomic mass is 10.00. The van der Waals surface area contributed by atoms with Crippen LogP contribution in [-0.4, -0.2) is 48.6 Å². The third kappa shape index (κ3) is 5.34. The quantitative estimate of drug-likeness (QED) is 0.274. The summed E-state index contributed by atoms with van der Waals surface area (Å²) in [5.41, 5.74) is -3.07. The Labute approximate surface area is 222 Å². The largest absolute Gasteiger partial charge is 0.435 e. The van der Waals surface area contributed by atoms with Gasteiger partial charge in [-0.3, -0.25) is 14.7 Å². The summed E-state index contributed by atoms with van der Waals surface area (Å²) in [7, 11) is 0. The number of benzene rings is 1. The van der Waals surface area contributed by atoms with Gasteiger partial charge in [-0.1, -0.05) is 23.2 Å². The van der Waals surface area contributed by atoms with Crippen LogP contribution >= 0.6 is 23.2 Å². The second-order valence-electron chi connectivity index (χ2n) is 8.74. The first-order valence-corrected chi connectivity index (χ1v) is 11.6. The zero-order valence-electron chi connectivity index (χ0n) is 19.7. The minimum Gasteiger partial charge on any atom is -0.347 e. The lowest BCUT2D eigenvalue weighted by Crippen LogP contribution is -2.44. The van der Waals surface area contributed by atoms with Crippen molar-refractivity contribution in [3.8, 4) is 5.82 Å². The highest BCUT2D eigenvalue weighted by Gasteiger charge is 2.37. The number of rotatable bonds is 7. The number of carbonyl (C=O) groups is 3. The van der Waals surface area contributed by atoms with Crippen molar-refractivity contribution in [2.24, 2.45) is 0 Å². The number of anilines is 1. The molecule has 0 aliphatic carbocycles. The molecule has 0 fully saturated rings. The molecule has 0 unspecified atom stereocenters. The highest BCUT2D eigenvalue weighted by Crippen LogP contribution is 2.35. The van der Waals surface area contributed by atoms with E-state index in [9.17, 15) is 27.6 Å². The molecule has 1 aromatic carbocycles. The van der Waals surface area contributed by atoms with Gasteiger partial charge >= 0.3 is 6.18 Å². The summed E-state index contributed by atoms with van der Waals surface area (Å²) < 4.78 is 41.2. The van der Waals surface area contributed by atoms with Gasteiger partial charge in [0.2, 0.25) is 0 Å². The number of aromatic nitrogens is 5. The number of H-pyrrole nitrogens is 1. The number of hydrogen-bond acceptors (Lipinski definition) is 6. The van der Waals surface area contributed by atoms with E-state index in [4.69, 9.17) is 23.2 Å². The number of nitrogens with zero attached hydrogens (tertiary/aromatic N) is 4. The number of aldehydes is 1. The standard InChI is InChI=1S/C23H18Cl2F3N7O3/c1-22(2,5-7-36)32-21(38)16-17-11(10-30-33-17)8-13(25)18(16)31-20(37)14-9-15(23(26,27)28)34-35(14)19-12(24)4-3-6-29-19/h3-4,6-10H,5H2,1-2H3,(H,30,33)(H,31,37)(H,32,38). The molecule has 3 aromatic heterocycles. The van der Waals surface area contributed by atoms with Crippen LogP contribution in [0.1, 0.15) is 46.8 Å². The molecule has 3 heterocycles. The van der Waals surface area contributed by atoms with E-state index in [0.29, 0.717) is 22.4 Å². The summed E-state index contributed by atoms with van der Waals surface area (Å²) in [6.07, 6.45) is -1.60. The fourth-order valence-corrected chi connectivity index (χ4v) is 4.05. The zero-order valence-corrected chi connectivity index (χ0v) is 21.2. The summed E-state index contributed by atoms with van der Waals surface area (Å²) in [6.45, 7) is 3.22. The maximum Gasteiger partial charge on any atom is 0.435 e. The average molecular weight is 568 g/mol. The highest BCUT2D eigenvalue weighted by molar-refractivity contribution is 6.36. The van der Waals surface area contributed by atoms with Crippen LogP contribution < -0.4 is 10.6 Å². The van der Waals surface area contributed by atoms with Crippen molar-refractivity contribution in [1.29, 1.82) is 0 Å². The van der Waals surface area contributed by atoms with Crippen molar-refractivity contribution in [2.45, 2.75) is 32.0 Å². The van der Waals surface area contributed by atoms with Gasteiger partial charge in [-0.25, -0.2) is 9.67 Å². The van der Waals surface area contributed by atoms with Gasteiger partial charge in [0.1, 0.15) is 12.0 Å². The van der Waals surface area contributed by atoms with Crippen LogP contribution in [0.15, 0.2) is 36.7 Å². The van der Waals surface area contributed by atoms with E-state index in [-0.39, 0.29) is 39.1 Å². The minimum absolute atomic E-state index is 0.0165. The van der Waals surface area contributed by atoms with Gasteiger partial charge < -0.3 is 15.4 Å². The Morgan fingerprint density at radius 1 is 1.16 bits per heavy atom. The van der Waals surface area contributed by atoms with Crippen LogP contribution in [0, 0.1) is 0 Å². The third-order valence-electron chi connectivity index (χ3n) is 5.37. The van der Waals surface area contributed by atoms with Gasteiger partial charge in [0.25, 0.3) is 11.8 Å². The Morgan fingerprint density at radius 2 is 1.89 bits per heavy atom. The molecular formula is C23H18Cl2F3N7O3. The minimum atomic E-state index is -4.89. The predicted molar refractivity (Wildman–Crippen MR) is 133 cm³/mol. The number of nitrogens with one attached hydrogen (secondary N) is 3. The Hall–Kier alpha value is -3.97. The molecule has 0 saturated carbocycles. The number of amides is 2. The molecule has 10 nitrogen and oxygen atoms in total. The highest BCUT2D eigenvalue weighted by atomic mass is 35.5. The number of hydrogen-bond donors (Lipinski definition) is 3. The van der Waals surface area contributed by atoms with Crippen molar-refractivity contribution in [1.82, 2.24) is 30.3 Å². The van der Waals surface area contributed by atoms with Crippen molar-refractivity contribution in [3.05, 3.63) is 63.7 Å². The van der Waals surface area contributed by atoms with Gasteiger partial charge in [0.05, 0.1) is 33.0 Å². The third-order valence-corrected chi connectivity index (χ3v) is 5.97. The molecule has 15 heteroatoms. The lowest BCUT2D eigenvalue weighted by molar-refractivity contribution is -0.141. The number of fused-ring (bicyclic) bond motifs is 1. The van der Waals surface area contributed by atoms with Crippen molar-refractivity contribution < 1.29 is 27.6 Å². The maximum atomic E-state index is 13.5. The molecule has 198 valence electrons. The molecule has 3 N–H and O–H groups in total. The van der Waals surface area contributed by atoms with Gasteiger partial charge in [-0.2, -0.15) is 23.4 Å². The fourth-order valence-electron chi connectivity index (χ4n) is 3.59. The van der Waals surface area contributed by atoms with E-state index in [1.165, 1.54) is 30.6 Å². The van der Waals surface area contributed by atoms with E-state index in [0.717, 1.165) is 0 Å². The van der Waals surface area contributed by atoms with E-state index in [1.54, 1.807) is 13.8 Å². The zero-order chi connectivity index (χ0) is 27.8. The molecule has 2 amide bonds. The smallest absolute Gasteiger partial charge is 0.347 e. The molecule has 4 aromatic rings. The Balaban J connectivity index is 1.83. The van der Waals surface area contributed by atoms with Crippen molar-refractivity contribution in [3.63, 3.8) is 0 Å². The predicted octanol–water partition coefficient (Wildman–Crippen LogP) is 4.82. The van der Waals surface area contributed by atoms with Crippen LogP contribution in [0.4, 0.5) is 18.9 Å². The van der Waals surface area contributed by atoms with Crippen LogP contribution in [0.3, 0.4) is 0 Å². The van der Waals surface area contributed by atoms with Gasteiger partial charge in [-0.15, -0.1) is 0 Å². The number of halogens is 5. The molecule has 0 aliphatic heterocycles. The number of alkyl halides is 3. The average Bonchev–Trinajstić information content (AvgIpc) is 3.46. The first-order chi connectivity index (χ1) is 17.8. The van der Waals surface area contributed by atoms with E-state index < -0.39 is 34.9 Å². The van der Waals surface area contributed by atoms with E-state index in [2.05, 4.69) is 30.9 Å². The molecule has 0 aliphatic rings. The van der Waals surface area contributed by atoms with Gasteiger partial charge in [0.15, 0.2) is 11.5 Å². The molecule has 0 bridgehead atoms. The number of carbonyl (C=O) groups excluding carboxylic acids is 3. The number of pyridine rings is 1. The fraction of sp³-hybridized carbons (Fsp3) is 0.217. The second kappa shape index (κ2) is 10.1. The maximum absolute atomic E-state index is 13.5. The molecular weight excluding hydrogens is 550 g/mol. The molecule has 4 rings (SSSR count). The summed E-state index contributed by atoms with van der Waals surface area (Å²) in [4.78, 5) is 41.7. The summed E-state index contributed by atoms with van der Waals surface area (Å²) in [5.74, 6) is -2.03. The summed E-state index contributed by atoms with van der Waals surface area (Å²) in [6, 6.07) is 4.76. The molecule has 0 radical (unpaired) electrons. The lowest BCUT2D eigenvalue weighted by Gasteiger charge is -2.25. The first kappa shape index (κ1) is 27.1. The first-order valence-electron chi connectivity index (χ1n) is 10.8. The van der Waals surface area contributed by atoms with Crippen molar-refractivity contribution >= 4 is 57.9 Å². The SMILES string of the molecule is CC(C)(CC=O)NC(=O)c1c(NC(=O)c2cc(C(F)(F)F)nn2-c2ncccc2Cl)c(Cl)cc2cn[nH]c12. The van der Waals surface area contributed by atoms with Crippen molar-refractivity contribution in [2.75, 3.05) is 5.32 Å². The second-order valence-corrected chi connectivity index (χ2v) is 9.55. The van der Waals surface area contributed by atoms with Crippen LogP contribution in [0.25, 0.3) is 16.7 Å². The van der Waals surface area contributed by atoms with Crippen LogP contribution in [0.2, 0.25) is 10.0 Å². The summed E-state index contributed by atoms with van der Waals surface area (Å²) >= 11 is 12.5. The number of aromatic amines is 1. The van der Waals surface area contributed by atoms with E-state index >= 15 is 0 Å². The molecule has 0 atom stereocenters. The summed E-state index contributed by atoms with van der Waals surface area (Å²) in [5, 5.41) is 15.4. The Morgan fingerprint density at radius 3 is 2.55 bits per heavy atom. The van der Waals surface area contributed by atoms with Crippen LogP contribution in [-0.2, 0) is 11.0 Å². The van der Waals surface area contributed by atoms with Gasteiger partial charge in [0, 0.05) is 29.6 Å². The van der Waals surface area contributed by atoms with Gasteiger partial charge in [-0.05, 0) is 32.0 Å². The Kier molecular flexibility index (Phi) is 7.17. The van der Waals surface area contributed by atoms with Crippen LogP contribution in [0.5, 0.6) is 0 Å². The normalized spacial score (nSPS) is 12.0. The van der Waals surface area contributed by atoms with E-state index in [1.807, 2.05) is 0 Å². The molecule has 0 saturated heterocycles. The molecule has 38 heavy (non-hydrogen) atoms. The monoisotopic (exact) mass is 567 g/mol. The Bertz CT molecular complexity index is 1560. The molecule has 0 spiro atoms.